The second-order valence-electron chi connectivity index (χ2n) is 5.23. The molecule has 0 aliphatic heterocycles. The summed E-state index contributed by atoms with van der Waals surface area (Å²) in [5.41, 5.74) is 0.872. The maximum absolute atomic E-state index is 11.9. The Morgan fingerprint density at radius 1 is 1.48 bits per heavy atom. The van der Waals surface area contributed by atoms with Crippen molar-refractivity contribution in [2.75, 3.05) is 5.32 Å². The number of rotatable bonds is 5. The number of aromatic nitrogens is 1. The summed E-state index contributed by atoms with van der Waals surface area (Å²) in [6.45, 7) is 0. The topological polar surface area (TPSA) is 85.1 Å². The second-order valence-corrected chi connectivity index (χ2v) is 7.19. The van der Waals surface area contributed by atoms with Gasteiger partial charge in [-0.1, -0.05) is 23.2 Å². The third-order valence-electron chi connectivity index (χ3n) is 3.52. The normalized spacial score (nSPS) is 19.4. The van der Waals surface area contributed by atoms with E-state index in [1.807, 2.05) is 0 Å². The van der Waals surface area contributed by atoms with Crippen LogP contribution in [0.25, 0.3) is 0 Å². The van der Waals surface area contributed by atoms with Gasteiger partial charge in [-0.2, -0.15) is 0 Å². The Balaban J connectivity index is 1.63. The molecule has 2 atom stereocenters. The number of halogens is 2. The minimum atomic E-state index is -0.764. The SMILES string of the molecule is O=C(Nc1ncc(Cc2cc(Cl)ccc2Cl)s1)[C@H]1C[C@@H]1[N+](=O)[O-]. The van der Waals surface area contributed by atoms with E-state index in [4.69, 9.17) is 23.2 Å². The van der Waals surface area contributed by atoms with E-state index in [1.165, 1.54) is 11.3 Å². The van der Waals surface area contributed by atoms with E-state index in [1.54, 1.807) is 24.4 Å². The monoisotopic (exact) mass is 371 g/mol. The van der Waals surface area contributed by atoms with E-state index in [0.717, 1.165) is 10.4 Å². The number of nitro groups is 1. The van der Waals surface area contributed by atoms with Crippen LogP contribution in [0.4, 0.5) is 5.13 Å². The molecule has 2 aromatic rings. The number of carbonyl (C=O) groups is 1. The van der Waals surface area contributed by atoms with Gasteiger partial charge in [0.05, 0.1) is 0 Å². The molecule has 1 aliphatic carbocycles. The molecule has 1 heterocycles. The summed E-state index contributed by atoms with van der Waals surface area (Å²) in [4.78, 5) is 27.1. The van der Waals surface area contributed by atoms with Crippen LogP contribution in [0.3, 0.4) is 0 Å². The van der Waals surface area contributed by atoms with Gasteiger partial charge < -0.3 is 5.32 Å². The van der Waals surface area contributed by atoms with E-state index in [9.17, 15) is 14.9 Å². The van der Waals surface area contributed by atoms with Gasteiger partial charge in [0.15, 0.2) is 5.13 Å². The fraction of sp³-hybridized carbons (Fsp3) is 0.286. The van der Waals surface area contributed by atoms with Crippen LogP contribution in [0, 0.1) is 16.0 Å². The first-order valence-corrected chi connectivity index (χ1v) is 8.34. The van der Waals surface area contributed by atoms with Crippen molar-refractivity contribution in [3.63, 3.8) is 0 Å². The lowest BCUT2D eigenvalue weighted by atomic mass is 10.1. The van der Waals surface area contributed by atoms with Crippen molar-refractivity contribution in [1.82, 2.24) is 4.98 Å². The Bertz CT molecular complexity index is 780. The molecule has 1 aromatic carbocycles. The van der Waals surface area contributed by atoms with Crippen LogP contribution in [-0.4, -0.2) is 21.9 Å². The number of anilines is 1. The Morgan fingerprint density at radius 3 is 2.96 bits per heavy atom. The standard InChI is InChI=1S/C14H11Cl2N3O3S/c15-8-1-2-11(16)7(3-8)4-9-6-17-14(23-9)18-13(20)10-5-12(10)19(21)22/h1-3,6,10,12H,4-5H2,(H,17,18,20)/t10-,12-/m0/s1. The Morgan fingerprint density at radius 2 is 2.26 bits per heavy atom. The number of hydrogen-bond donors (Lipinski definition) is 1. The van der Waals surface area contributed by atoms with Gasteiger partial charge in [-0.05, 0) is 23.8 Å². The molecule has 0 unspecified atom stereocenters. The number of benzene rings is 1. The highest BCUT2D eigenvalue weighted by Crippen LogP contribution is 2.34. The zero-order valence-corrected chi connectivity index (χ0v) is 14.0. The van der Waals surface area contributed by atoms with Gasteiger partial charge in [-0.25, -0.2) is 4.98 Å². The van der Waals surface area contributed by atoms with Crippen LogP contribution < -0.4 is 5.32 Å². The smallest absolute Gasteiger partial charge is 0.236 e. The van der Waals surface area contributed by atoms with Crippen molar-refractivity contribution in [2.45, 2.75) is 18.9 Å². The molecule has 1 N–H and O–H groups in total. The fourth-order valence-electron chi connectivity index (χ4n) is 2.21. The molecule has 0 radical (unpaired) electrons. The van der Waals surface area contributed by atoms with Gasteiger partial charge >= 0.3 is 0 Å². The first kappa shape index (κ1) is 16.2. The van der Waals surface area contributed by atoms with Crippen molar-refractivity contribution < 1.29 is 9.72 Å². The molecule has 120 valence electrons. The lowest BCUT2D eigenvalue weighted by Crippen LogP contribution is -2.18. The molecule has 0 spiro atoms. The number of thiazole rings is 1. The molecule has 1 aliphatic rings. The molecular formula is C14H11Cl2N3O3S. The van der Waals surface area contributed by atoms with Crippen LogP contribution in [0.1, 0.15) is 16.9 Å². The lowest BCUT2D eigenvalue weighted by molar-refractivity contribution is -0.497. The van der Waals surface area contributed by atoms with Crippen molar-refractivity contribution in [2.24, 2.45) is 5.92 Å². The van der Waals surface area contributed by atoms with Gasteiger partial charge in [-0.15, -0.1) is 11.3 Å². The maximum atomic E-state index is 11.9. The third kappa shape index (κ3) is 3.80. The van der Waals surface area contributed by atoms with Crippen molar-refractivity contribution in [3.05, 3.63) is 55.0 Å². The van der Waals surface area contributed by atoms with E-state index < -0.39 is 16.9 Å². The lowest BCUT2D eigenvalue weighted by Gasteiger charge is -2.02. The summed E-state index contributed by atoms with van der Waals surface area (Å²) in [5, 5.41) is 14.8. The summed E-state index contributed by atoms with van der Waals surface area (Å²) >= 11 is 13.4. The number of hydrogen-bond acceptors (Lipinski definition) is 5. The zero-order chi connectivity index (χ0) is 16.6. The summed E-state index contributed by atoms with van der Waals surface area (Å²) in [7, 11) is 0. The summed E-state index contributed by atoms with van der Waals surface area (Å²) < 4.78 is 0. The summed E-state index contributed by atoms with van der Waals surface area (Å²) in [6.07, 6.45) is 2.48. The van der Waals surface area contributed by atoms with Gasteiger partial charge in [0.2, 0.25) is 11.9 Å². The van der Waals surface area contributed by atoms with Crippen LogP contribution in [0.15, 0.2) is 24.4 Å². The maximum Gasteiger partial charge on any atom is 0.236 e. The number of nitrogens with one attached hydrogen (secondary N) is 1. The van der Waals surface area contributed by atoms with Crippen molar-refractivity contribution >= 4 is 45.6 Å². The molecule has 0 bridgehead atoms. The van der Waals surface area contributed by atoms with Crippen LogP contribution in [0.2, 0.25) is 10.0 Å². The van der Waals surface area contributed by atoms with E-state index >= 15 is 0 Å². The predicted octanol–water partition coefficient (Wildman–Crippen LogP) is 3.64. The summed E-state index contributed by atoms with van der Waals surface area (Å²) in [5.74, 6) is -0.909. The molecule has 1 fully saturated rings. The Hall–Kier alpha value is -1.70. The predicted molar refractivity (Wildman–Crippen MR) is 88.9 cm³/mol. The molecule has 3 rings (SSSR count). The highest BCUT2D eigenvalue weighted by molar-refractivity contribution is 7.15. The molecule has 1 aromatic heterocycles. The highest BCUT2D eigenvalue weighted by atomic mass is 35.5. The molecule has 0 saturated heterocycles. The molecule has 6 nitrogen and oxygen atoms in total. The van der Waals surface area contributed by atoms with Gasteiger partial charge in [0, 0.05) is 38.9 Å². The number of nitrogens with zero attached hydrogens (tertiary/aromatic N) is 2. The molecule has 1 amide bonds. The minimum Gasteiger partial charge on any atom is -0.301 e. The Kier molecular flexibility index (Phi) is 4.52. The minimum absolute atomic E-state index is 0.287. The van der Waals surface area contributed by atoms with Gasteiger partial charge in [-0.3, -0.25) is 14.9 Å². The second kappa shape index (κ2) is 6.43. The van der Waals surface area contributed by atoms with E-state index in [0.29, 0.717) is 21.6 Å². The van der Waals surface area contributed by atoms with Crippen molar-refractivity contribution in [1.29, 1.82) is 0 Å². The molecule has 1 saturated carbocycles. The zero-order valence-electron chi connectivity index (χ0n) is 11.7. The Labute approximate surface area is 145 Å². The van der Waals surface area contributed by atoms with Gasteiger partial charge in [0.1, 0.15) is 5.92 Å². The highest BCUT2D eigenvalue weighted by Gasteiger charge is 2.53. The number of amides is 1. The summed E-state index contributed by atoms with van der Waals surface area (Å²) in [6, 6.07) is 4.47. The van der Waals surface area contributed by atoms with E-state index in [2.05, 4.69) is 10.3 Å². The first-order chi connectivity index (χ1) is 10.9. The molecular weight excluding hydrogens is 361 g/mol. The average Bonchev–Trinajstić information content (AvgIpc) is 3.19. The third-order valence-corrected chi connectivity index (χ3v) is 5.04. The molecule has 9 heteroatoms. The fourth-order valence-corrected chi connectivity index (χ4v) is 3.43. The average molecular weight is 372 g/mol. The molecule has 23 heavy (non-hydrogen) atoms. The van der Waals surface area contributed by atoms with Gasteiger partial charge in [0.25, 0.3) is 0 Å². The quantitative estimate of drug-likeness (QED) is 0.641. The van der Waals surface area contributed by atoms with Crippen LogP contribution >= 0.6 is 34.5 Å². The largest absolute Gasteiger partial charge is 0.301 e. The first-order valence-electron chi connectivity index (χ1n) is 6.77. The van der Waals surface area contributed by atoms with Crippen LogP contribution in [-0.2, 0) is 11.2 Å². The number of carbonyl (C=O) groups excluding carboxylic acids is 1. The van der Waals surface area contributed by atoms with E-state index in [-0.39, 0.29) is 12.3 Å². The van der Waals surface area contributed by atoms with Crippen molar-refractivity contribution in [3.8, 4) is 0 Å². The van der Waals surface area contributed by atoms with Crippen LogP contribution in [0.5, 0.6) is 0 Å².